The van der Waals surface area contributed by atoms with E-state index in [1.54, 1.807) is 18.6 Å². The van der Waals surface area contributed by atoms with Gasteiger partial charge in [0.25, 0.3) is 0 Å². The Morgan fingerprint density at radius 1 is 0.913 bits per heavy atom. The Morgan fingerprint density at radius 3 is 2.57 bits per heavy atom. The van der Waals surface area contributed by atoms with Crippen LogP contribution >= 0.6 is 0 Å². The van der Waals surface area contributed by atoms with Crippen molar-refractivity contribution in [2.45, 2.75) is 0 Å². The van der Waals surface area contributed by atoms with E-state index in [0.29, 0.717) is 5.89 Å². The summed E-state index contributed by atoms with van der Waals surface area (Å²) in [6.07, 6.45) is 5.31. The lowest BCUT2D eigenvalue weighted by molar-refractivity contribution is 0.620. The number of hydrogen-bond acceptors (Lipinski definition) is 4. The summed E-state index contributed by atoms with van der Waals surface area (Å²) in [7, 11) is 0. The Balaban J connectivity index is 1.59. The molecule has 110 valence electrons. The van der Waals surface area contributed by atoms with Gasteiger partial charge in [0.1, 0.15) is 5.52 Å². The molecule has 0 aliphatic rings. The molecule has 4 rings (SSSR count). The van der Waals surface area contributed by atoms with E-state index in [9.17, 15) is 0 Å². The molecule has 2 heterocycles. The first-order chi connectivity index (χ1) is 11.4. The first-order valence-corrected chi connectivity index (χ1v) is 7.29. The van der Waals surface area contributed by atoms with Crippen molar-refractivity contribution < 1.29 is 4.42 Å². The van der Waals surface area contributed by atoms with Gasteiger partial charge in [-0.25, -0.2) is 4.98 Å². The SMILES string of the molecule is C(=Nc1ccc(-c2nc3ccccc3o2)cc1)c1cccnc1. The number of aliphatic imine (C=N–C) groups is 1. The van der Waals surface area contributed by atoms with Gasteiger partial charge in [0.2, 0.25) is 5.89 Å². The molecule has 0 saturated carbocycles. The highest BCUT2D eigenvalue weighted by Crippen LogP contribution is 2.25. The Bertz CT molecular complexity index is 924. The average molecular weight is 299 g/mol. The molecule has 0 radical (unpaired) electrons. The largest absolute Gasteiger partial charge is 0.436 e. The molecule has 0 N–H and O–H groups in total. The standard InChI is InChI=1S/C19H13N3O/c1-2-6-18-17(5-1)22-19(23-18)15-7-9-16(10-8-15)21-13-14-4-3-11-20-12-14/h1-13H. The number of pyridine rings is 1. The minimum atomic E-state index is 0.619. The highest BCUT2D eigenvalue weighted by atomic mass is 16.3. The van der Waals surface area contributed by atoms with E-state index in [2.05, 4.69) is 15.0 Å². The van der Waals surface area contributed by atoms with Crippen LogP contribution in [0.4, 0.5) is 5.69 Å². The number of fused-ring (bicyclic) bond motifs is 1. The van der Waals surface area contributed by atoms with Gasteiger partial charge in [-0.15, -0.1) is 0 Å². The predicted molar refractivity (Wildman–Crippen MR) is 90.9 cm³/mol. The van der Waals surface area contributed by atoms with Gasteiger partial charge in [0.05, 0.1) is 5.69 Å². The van der Waals surface area contributed by atoms with Crippen LogP contribution in [0.2, 0.25) is 0 Å². The second-order valence-electron chi connectivity index (χ2n) is 5.08. The van der Waals surface area contributed by atoms with Crippen LogP contribution in [0.3, 0.4) is 0 Å². The molecule has 2 aromatic heterocycles. The van der Waals surface area contributed by atoms with Crippen molar-refractivity contribution in [2.75, 3.05) is 0 Å². The van der Waals surface area contributed by atoms with E-state index in [1.807, 2.05) is 60.7 Å². The first-order valence-electron chi connectivity index (χ1n) is 7.29. The third kappa shape index (κ3) is 2.87. The summed E-state index contributed by atoms with van der Waals surface area (Å²) in [6, 6.07) is 19.4. The summed E-state index contributed by atoms with van der Waals surface area (Å²) >= 11 is 0. The summed E-state index contributed by atoms with van der Waals surface area (Å²) in [4.78, 5) is 13.0. The molecule has 0 aliphatic carbocycles. The third-order valence-electron chi connectivity index (χ3n) is 3.46. The van der Waals surface area contributed by atoms with E-state index < -0.39 is 0 Å². The van der Waals surface area contributed by atoms with Gasteiger partial charge < -0.3 is 4.42 Å². The van der Waals surface area contributed by atoms with Gasteiger partial charge in [-0.2, -0.15) is 0 Å². The zero-order chi connectivity index (χ0) is 15.5. The fraction of sp³-hybridized carbons (Fsp3) is 0. The Kier molecular flexibility index (Phi) is 3.41. The van der Waals surface area contributed by atoms with E-state index in [4.69, 9.17) is 4.42 Å². The molecule has 0 bridgehead atoms. The molecule has 4 nitrogen and oxygen atoms in total. The van der Waals surface area contributed by atoms with Crippen LogP contribution in [0.15, 0.2) is 82.5 Å². The second-order valence-corrected chi connectivity index (χ2v) is 5.08. The van der Waals surface area contributed by atoms with Crippen molar-refractivity contribution in [1.29, 1.82) is 0 Å². The quantitative estimate of drug-likeness (QED) is 0.518. The number of nitrogens with zero attached hydrogens (tertiary/aromatic N) is 3. The van der Waals surface area contributed by atoms with Crippen LogP contribution in [0.1, 0.15) is 5.56 Å². The monoisotopic (exact) mass is 299 g/mol. The molecule has 23 heavy (non-hydrogen) atoms. The molecular formula is C19H13N3O. The van der Waals surface area contributed by atoms with Crippen LogP contribution in [0.25, 0.3) is 22.6 Å². The lowest BCUT2D eigenvalue weighted by Crippen LogP contribution is -1.81. The first kappa shape index (κ1) is 13.4. The lowest BCUT2D eigenvalue weighted by atomic mass is 10.2. The molecule has 0 atom stereocenters. The number of aromatic nitrogens is 2. The molecule has 4 aromatic rings. The van der Waals surface area contributed by atoms with Crippen LogP contribution in [-0.4, -0.2) is 16.2 Å². The summed E-state index contributed by atoms with van der Waals surface area (Å²) in [5.41, 5.74) is 4.42. The van der Waals surface area contributed by atoms with E-state index in [-0.39, 0.29) is 0 Å². The molecule has 0 aliphatic heterocycles. The van der Waals surface area contributed by atoms with Crippen molar-refractivity contribution >= 4 is 23.0 Å². The Labute approximate surface area is 133 Å². The van der Waals surface area contributed by atoms with Gasteiger partial charge in [0, 0.05) is 29.7 Å². The zero-order valence-electron chi connectivity index (χ0n) is 12.3. The van der Waals surface area contributed by atoms with Crippen molar-refractivity contribution in [3.63, 3.8) is 0 Å². The molecule has 0 fully saturated rings. The van der Waals surface area contributed by atoms with Crippen molar-refractivity contribution in [3.05, 3.63) is 78.6 Å². The zero-order valence-corrected chi connectivity index (χ0v) is 12.3. The van der Waals surface area contributed by atoms with E-state index >= 15 is 0 Å². The maximum Gasteiger partial charge on any atom is 0.227 e. The van der Waals surface area contributed by atoms with Crippen LogP contribution < -0.4 is 0 Å². The minimum Gasteiger partial charge on any atom is -0.436 e. The van der Waals surface area contributed by atoms with Gasteiger partial charge in [-0.1, -0.05) is 18.2 Å². The highest BCUT2D eigenvalue weighted by molar-refractivity contribution is 5.81. The number of rotatable bonds is 3. The smallest absolute Gasteiger partial charge is 0.227 e. The maximum atomic E-state index is 5.77. The van der Waals surface area contributed by atoms with Crippen molar-refractivity contribution in [1.82, 2.24) is 9.97 Å². The normalized spacial score (nSPS) is 11.3. The second kappa shape index (κ2) is 5.85. The Morgan fingerprint density at radius 2 is 1.78 bits per heavy atom. The number of para-hydroxylation sites is 2. The fourth-order valence-electron chi connectivity index (χ4n) is 2.29. The number of oxazole rings is 1. The fourth-order valence-corrected chi connectivity index (χ4v) is 2.29. The number of hydrogen-bond donors (Lipinski definition) is 0. The molecular weight excluding hydrogens is 286 g/mol. The van der Waals surface area contributed by atoms with Crippen molar-refractivity contribution in [2.24, 2.45) is 4.99 Å². The topological polar surface area (TPSA) is 51.3 Å². The van der Waals surface area contributed by atoms with Gasteiger partial charge >= 0.3 is 0 Å². The maximum absolute atomic E-state index is 5.77. The molecule has 4 heteroatoms. The molecule has 2 aromatic carbocycles. The Hall–Kier alpha value is -3.27. The molecule has 0 spiro atoms. The summed E-state index contributed by atoms with van der Waals surface area (Å²) in [5.74, 6) is 0.619. The summed E-state index contributed by atoms with van der Waals surface area (Å²) in [5, 5.41) is 0. The summed E-state index contributed by atoms with van der Waals surface area (Å²) < 4.78 is 5.77. The minimum absolute atomic E-state index is 0.619. The molecule has 0 saturated heterocycles. The molecule has 0 amide bonds. The molecule has 0 unspecified atom stereocenters. The predicted octanol–water partition coefficient (Wildman–Crippen LogP) is 4.64. The lowest BCUT2D eigenvalue weighted by Gasteiger charge is -1.97. The number of benzene rings is 2. The van der Waals surface area contributed by atoms with Gasteiger partial charge in [-0.05, 0) is 42.5 Å². The van der Waals surface area contributed by atoms with Crippen LogP contribution in [-0.2, 0) is 0 Å². The third-order valence-corrected chi connectivity index (χ3v) is 3.46. The average Bonchev–Trinajstić information content (AvgIpc) is 3.05. The van der Waals surface area contributed by atoms with E-state index in [0.717, 1.165) is 27.9 Å². The van der Waals surface area contributed by atoms with Crippen LogP contribution in [0.5, 0.6) is 0 Å². The van der Waals surface area contributed by atoms with Crippen LogP contribution in [0, 0.1) is 0 Å². The van der Waals surface area contributed by atoms with Gasteiger partial charge in [-0.3, -0.25) is 9.98 Å². The van der Waals surface area contributed by atoms with E-state index in [1.165, 1.54) is 0 Å². The van der Waals surface area contributed by atoms with Crippen molar-refractivity contribution in [3.8, 4) is 11.5 Å². The summed E-state index contributed by atoms with van der Waals surface area (Å²) in [6.45, 7) is 0. The van der Waals surface area contributed by atoms with Gasteiger partial charge in [0.15, 0.2) is 5.58 Å². The highest BCUT2D eigenvalue weighted by Gasteiger charge is 2.07.